The van der Waals surface area contributed by atoms with Crippen molar-refractivity contribution in [3.05, 3.63) is 0 Å². The average molecular weight is 195 g/mol. The van der Waals surface area contributed by atoms with Crippen LogP contribution in [0.4, 0.5) is 0 Å². The molecule has 3 atom stereocenters. The molecule has 3 aliphatic carbocycles. The molecule has 0 spiro atoms. The first-order valence-corrected chi connectivity index (χ1v) is 5.73. The number of hydrogen-bond donors (Lipinski definition) is 0. The normalized spacial score (nSPS) is 41.1. The molecule has 2 nitrogen and oxygen atoms in total. The third-order valence-electron chi connectivity index (χ3n) is 4.36. The van der Waals surface area contributed by atoms with Crippen molar-refractivity contribution in [3.63, 3.8) is 0 Å². The molecule has 0 heterocycles. The zero-order chi connectivity index (χ0) is 10.3. The van der Waals surface area contributed by atoms with E-state index in [-0.39, 0.29) is 0 Å². The molecule has 0 saturated heterocycles. The molecule has 0 radical (unpaired) electrons. The lowest BCUT2D eigenvalue weighted by Crippen LogP contribution is -2.39. The maximum absolute atomic E-state index is 4.98. The second-order valence-corrected chi connectivity index (χ2v) is 5.31. The minimum absolute atomic E-state index is 0.483. The van der Waals surface area contributed by atoms with E-state index in [1.165, 1.54) is 25.0 Å². The molecule has 0 aliphatic heterocycles. The molecule has 3 aliphatic rings. The minimum Gasteiger partial charge on any atom is -0.399 e. The van der Waals surface area contributed by atoms with Crippen LogP contribution in [0.1, 0.15) is 40.0 Å². The molecule has 0 N–H and O–H groups in total. The first kappa shape index (κ1) is 10.0. The molecule has 2 bridgehead atoms. The zero-order valence-corrected chi connectivity index (χ0v) is 9.71. The lowest BCUT2D eigenvalue weighted by Gasteiger charge is -2.44. The van der Waals surface area contributed by atoms with Crippen LogP contribution in [0.5, 0.6) is 0 Å². The summed E-state index contributed by atoms with van der Waals surface area (Å²) in [6.45, 7) is 7.02. The first-order chi connectivity index (χ1) is 6.62. The number of nitrogens with zero attached hydrogens (tertiary/aromatic N) is 1. The van der Waals surface area contributed by atoms with Gasteiger partial charge >= 0.3 is 0 Å². The number of fused-ring (bicyclic) bond motifs is 1. The monoisotopic (exact) mass is 195 g/mol. The maximum atomic E-state index is 4.98. The lowest BCUT2D eigenvalue weighted by molar-refractivity contribution is 0.0439. The van der Waals surface area contributed by atoms with Crippen molar-refractivity contribution in [3.8, 4) is 0 Å². The van der Waals surface area contributed by atoms with E-state index in [0.29, 0.717) is 17.3 Å². The summed E-state index contributed by atoms with van der Waals surface area (Å²) < 4.78 is 0. The molecular formula is C12H21NO. The van der Waals surface area contributed by atoms with Crippen molar-refractivity contribution >= 4 is 5.71 Å². The molecule has 3 unspecified atom stereocenters. The van der Waals surface area contributed by atoms with Crippen molar-refractivity contribution in [2.45, 2.75) is 40.0 Å². The topological polar surface area (TPSA) is 21.6 Å². The van der Waals surface area contributed by atoms with Gasteiger partial charge in [0.1, 0.15) is 7.11 Å². The SMILES string of the molecule is CCCC1C(=NOC)C2CC1C2(C)C. The van der Waals surface area contributed by atoms with Crippen LogP contribution in [0.3, 0.4) is 0 Å². The van der Waals surface area contributed by atoms with E-state index in [0.717, 1.165) is 5.92 Å². The molecule has 0 aromatic heterocycles. The van der Waals surface area contributed by atoms with Gasteiger partial charge in [-0.25, -0.2) is 0 Å². The molecular weight excluding hydrogens is 174 g/mol. The fourth-order valence-electron chi connectivity index (χ4n) is 3.51. The van der Waals surface area contributed by atoms with Gasteiger partial charge in [-0.15, -0.1) is 0 Å². The summed E-state index contributed by atoms with van der Waals surface area (Å²) in [5.74, 6) is 2.27. The van der Waals surface area contributed by atoms with Crippen LogP contribution in [0.25, 0.3) is 0 Å². The van der Waals surface area contributed by atoms with Crippen LogP contribution in [-0.4, -0.2) is 12.8 Å². The summed E-state index contributed by atoms with van der Waals surface area (Å²) in [6.07, 6.45) is 3.89. The van der Waals surface area contributed by atoms with Crippen LogP contribution in [0, 0.1) is 23.2 Å². The Hall–Kier alpha value is -0.530. The minimum atomic E-state index is 0.483. The zero-order valence-electron chi connectivity index (χ0n) is 9.71. The second-order valence-electron chi connectivity index (χ2n) is 5.31. The Labute approximate surface area is 86.7 Å². The van der Waals surface area contributed by atoms with Gasteiger partial charge in [0, 0.05) is 11.8 Å². The smallest absolute Gasteiger partial charge is 0.106 e. The first-order valence-electron chi connectivity index (χ1n) is 5.73. The Bertz CT molecular complexity index is 257. The van der Waals surface area contributed by atoms with E-state index in [1.807, 2.05) is 0 Å². The van der Waals surface area contributed by atoms with Gasteiger partial charge in [0.05, 0.1) is 5.71 Å². The Balaban J connectivity index is 2.20. The predicted molar refractivity (Wildman–Crippen MR) is 58.2 cm³/mol. The Morgan fingerprint density at radius 2 is 2.21 bits per heavy atom. The summed E-state index contributed by atoms with van der Waals surface area (Å²) in [6, 6.07) is 0. The highest BCUT2D eigenvalue weighted by atomic mass is 16.6. The fraction of sp³-hybridized carbons (Fsp3) is 0.917. The van der Waals surface area contributed by atoms with E-state index in [9.17, 15) is 0 Å². The quantitative estimate of drug-likeness (QED) is 0.634. The molecule has 3 fully saturated rings. The van der Waals surface area contributed by atoms with E-state index < -0.39 is 0 Å². The summed E-state index contributed by atoms with van der Waals surface area (Å²) in [7, 11) is 1.67. The second kappa shape index (κ2) is 3.25. The van der Waals surface area contributed by atoms with Crippen molar-refractivity contribution in [2.75, 3.05) is 7.11 Å². The van der Waals surface area contributed by atoms with E-state index in [4.69, 9.17) is 4.84 Å². The Morgan fingerprint density at radius 3 is 2.71 bits per heavy atom. The van der Waals surface area contributed by atoms with Gasteiger partial charge in [0.15, 0.2) is 0 Å². The highest BCUT2D eigenvalue weighted by Crippen LogP contribution is 2.64. The summed E-state index contributed by atoms with van der Waals surface area (Å²) >= 11 is 0. The molecule has 80 valence electrons. The van der Waals surface area contributed by atoms with Crippen molar-refractivity contribution < 1.29 is 4.84 Å². The van der Waals surface area contributed by atoms with Crippen molar-refractivity contribution in [1.29, 1.82) is 0 Å². The molecule has 0 aromatic rings. The Morgan fingerprint density at radius 1 is 1.50 bits per heavy atom. The van der Waals surface area contributed by atoms with Crippen LogP contribution in [0.2, 0.25) is 0 Å². The number of hydrogen-bond acceptors (Lipinski definition) is 2. The van der Waals surface area contributed by atoms with Gasteiger partial charge in [0.25, 0.3) is 0 Å². The van der Waals surface area contributed by atoms with Crippen LogP contribution in [0.15, 0.2) is 5.16 Å². The highest BCUT2D eigenvalue weighted by Gasteiger charge is 2.62. The fourth-order valence-corrected chi connectivity index (χ4v) is 3.51. The lowest BCUT2D eigenvalue weighted by atomic mass is 9.60. The standard InChI is InChI=1S/C12H21NO/c1-5-6-8-9-7-10(12(9,2)3)11(8)13-14-4/h8-10H,5-7H2,1-4H3. The van der Waals surface area contributed by atoms with E-state index in [2.05, 4.69) is 25.9 Å². The van der Waals surface area contributed by atoms with Gasteiger partial charge in [-0.2, -0.15) is 0 Å². The molecule has 3 saturated carbocycles. The van der Waals surface area contributed by atoms with E-state index in [1.54, 1.807) is 7.11 Å². The number of rotatable bonds is 3. The molecule has 2 heteroatoms. The molecule has 0 aromatic carbocycles. The van der Waals surface area contributed by atoms with E-state index >= 15 is 0 Å². The van der Waals surface area contributed by atoms with Crippen LogP contribution < -0.4 is 0 Å². The summed E-state index contributed by atoms with van der Waals surface area (Å²) in [4.78, 5) is 4.98. The largest absolute Gasteiger partial charge is 0.399 e. The van der Waals surface area contributed by atoms with Gasteiger partial charge in [-0.1, -0.05) is 32.3 Å². The predicted octanol–water partition coefficient (Wildman–Crippen LogP) is 3.08. The highest BCUT2D eigenvalue weighted by molar-refractivity contribution is 5.94. The molecule has 0 amide bonds. The van der Waals surface area contributed by atoms with Crippen LogP contribution >= 0.6 is 0 Å². The molecule has 3 rings (SSSR count). The van der Waals surface area contributed by atoms with Gasteiger partial charge in [-0.05, 0) is 24.2 Å². The number of oxime groups is 1. The van der Waals surface area contributed by atoms with Crippen molar-refractivity contribution in [2.24, 2.45) is 28.3 Å². The van der Waals surface area contributed by atoms with Gasteiger partial charge < -0.3 is 4.84 Å². The molecule has 14 heavy (non-hydrogen) atoms. The van der Waals surface area contributed by atoms with Crippen LogP contribution in [-0.2, 0) is 4.84 Å². The van der Waals surface area contributed by atoms with Gasteiger partial charge in [0.2, 0.25) is 0 Å². The average Bonchev–Trinajstić information content (AvgIpc) is 2.57. The Kier molecular flexibility index (Phi) is 2.32. The summed E-state index contributed by atoms with van der Waals surface area (Å²) in [5, 5.41) is 4.26. The maximum Gasteiger partial charge on any atom is 0.106 e. The third-order valence-corrected chi connectivity index (χ3v) is 4.36. The van der Waals surface area contributed by atoms with Gasteiger partial charge in [-0.3, -0.25) is 0 Å². The third kappa shape index (κ3) is 1.12. The summed E-state index contributed by atoms with van der Waals surface area (Å²) in [5.41, 5.74) is 1.83. The van der Waals surface area contributed by atoms with Crippen molar-refractivity contribution in [1.82, 2.24) is 0 Å².